The average Bonchev–Trinajstić information content (AvgIpc) is 2.27. The van der Waals surface area contributed by atoms with E-state index in [4.69, 9.17) is 0 Å². The Morgan fingerprint density at radius 1 is 1.38 bits per heavy atom. The highest BCUT2D eigenvalue weighted by atomic mass is 19.1. The topological polar surface area (TPSA) is 37.3 Å². The van der Waals surface area contributed by atoms with Crippen LogP contribution < -0.4 is 0 Å². The monoisotopic (exact) mass is 224 g/mol. The molecule has 1 N–H and O–H groups in total. The summed E-state index contributed by atoms with van der Waals surface area (Å²) in [5, 5.41) is 9.57. The highest BCUT2D eigenvalue weighted by Gasteiger charge is 2.12. The summed E-state index contributed by atoms with van der Waals surface area (Å²) in [6.07, 6.45) is 2.09. The van der Waals surface area contributed by atoms with Gasteiger partial charge in [-0.05, 0) is 30.7 Å². The van der Waals surface area contributed by atoms with Gasteiger partial charge in [-0.15, -0.1) is 0 Å². The Balaban J connectivity index is 2.48. The number of hydrogen-bond acceptors (Lipinski definition) is 2. The quantitative estimate of drug-likeness (QED) is 0.754. The minimum atomic E-state index is -0.586. The van der Waals surface area contributed by atoms with Gasteiger partial charge in [0, 0.05) is 12.0 Å². The lowest BCUT2D eigenvalue weighted by molar-refractivity contribution is 0.0864. The zero-order valence-corrected chi connectivity index (χ0v) is 9.45. The third-order valence-electron chi connectivity index (χ3n) is 2.48. The predicted molar refractivity (Wildman–Crippen MR) is 60.9 cm³/mol. The fourth-order valence-corrected chi connectivity index (χ4v) is 1.51. The fraction of sp³-hybridized carbons (Fsp3) is 0.462. The van der Waals surface area contributed by atoms with Crippen molar-refractivity contribution in [2.45, 2.75) is 38.7 Å². The van der Waals surface area contributed by atoms with E-state index in [1.807, 2.05) is 6.92 Å². The zero-order valence-electron chi connectivity index (χ0n) is 9.45. The smallest absolute Gasteiger partial charge is 0.165 e. The number of aliphatic hydroxyl groups excluding tert-OH is 1. The summed E-state index contributed by atoms with van der Waals surface area (Å²) in [7, 11) is 0. The van der Waals surface area contributed by atoms with Gasteiger partial charge in [-0.1, -0.05) is 19.8 Å². The van der Waals surface area contributed by atoms with E-state index in [1.54, 1.807) is 0 Å². The van der Waals surface area contributed by atoms with E-state index in [-0.39, 0.29) is 18.0 Å². The van der Waals surface area contributed by atoms with Gasteiger partial charge < -0.3 is 5.11 Å². The molecule has 0 bridgehead atoms. The van der Waals surface area contributed by atoms with E-state index in [9.17, 15) is 14.3 Å². The van der Waals surface area contributed by atoms with E-state index in [2.05, 4.69) is 0 Å². The molecule has 1 unspecified atom stereocenters. The second kappa shape index (κ2) is 6.38. The Bertz CT molecular complexity index is 332. The summed E-state index contributed by atoms with van der Waals surface area (Å²) in [4.78, 5) is 11.6. The summed E-state index contributed by atoms with van der Waals surface area (Å²) >= 11 is 0. The van der Waals surface area contributed by atoms with Crippen molar-refractivity contribution in [2.75, 3.05) is 0 Å². The van der Waals surface area contributed by atoms with Crippen LogP contribution in [-0.2, 0) is 0 Å². The first-order valence-electron chi connectivity index (χ1n) is 5.60. The molecule has 3 heteroatoms. The standard InChI is InChI=1S/C13H17FO2/c1-2-3-4-12(15)9-13(16)10-5-7-11(14)8-6-10/h5-8,12,15H,2-4,9H2,1H3. The Hall–Kier alpha value is -1.22. The van der Waals surface area contributed by atoms with Crippen LogP contribution in [0.15, 0.2) is 24.3 Å². The van der Waals surface area contributed by atoms with Crippen LogP contribution in [0.3, 0.4) is 0 Å². The van der Waals surface area contributed by atoms with Gasteiger partial charge in [0.25, 0.3) is 0 Å². The molecule has 0 aliphatic rings. The molecule has 0 aliphatic carbocycles. The third kappa shape index (κ3) is 4.11. The minimum Gasteiger partial charge on any atom is -0.393 e. The lowest BCUT2D eigenvalue weighted by atomic mass is 10.0. The maximum atomic E-state index is 12.6. The number of aliphatic hydroxyl groups is 1. The zero-order chi connectivity index (χ0) is 12.0. The van der Waals surface area contributed by atoms with E-state index in [1.165, 1.54) is 24.3 Å². The molecule has 0 spiro atoms. The number of carbonyl (C=O) groups excluding carboxylic acids is 1. The third-order valence-corrected chi connectivity index (χ3v) is 2.48. The number of Topliss-reactive ketones (excluding diaryl/α,β-unsaturated/α-hetero) is 1. The summed E-state index contributed by atoms with van der Waals surface area (Å²) in [6, 6.07) is 5.41. The molecule has 0 aromatic heterocycles. The lowest BCUT2D eigenvalue weighted by Gasteiger charge is -2.08. The molecule has 1 aromatic carbocycles. The molecule has 0 saturated carbocycles. The van der Waals surface area contributed by atoms with Gasteiger partial charge in [0.2, 0.25) is 0 Å². The molecule has 0 heterocycles. The van der Waals surface area contributed by atoms with Gasteiger partial charge in [0.15, 0.2) is 5.78 Å². The highest BCUT2D eigenvalue weighted by molar-refractivity contribution is 5.96. The SMILES string of the molecule is CCCCC(O)CC(=O)c1ccc(F)cc1. The first kappa shape index (κ1) is 12.8. The van der Waals surface area contributed by atoms with Crippen molar-refractivity contribution in [1.29, 1.82) is 0 Å². The number of halogens is 1. The van der Waals surface area contributed by atoms with Crippen molar-refractivity contribution in [3.05, 3.63) is 35.6 Å². The number of rotatable bonds is 6. The molecule has 0 amide bonds. The van der Waals surface area contributed by atoms with Gasteiger partial charge in [-0.3, -0.25) is 4.79 Å². The molecule has 1 rings (SSSR count). The van der Waals surface area contributed by atoms with Gasteiger partial charge in [-0.2, -0.15) is 0 Å². The molecular weight excluding hydrogens is 207 g/mol. The number of hydrogen-bond donors (Lipinski definition) is 1. The molecule has 88 valence electrons. The number of carbonyl (C=O) groups is 1. The largest absolute Gasteiger partial charge is 0.393 e. The normalized spacial score (nSPS) is 12.4. The maximum absolute atomic E-state index is 12.6. The van der Waals surface area contributed by atoms with Crippen molar-refractivity contribution in [2.24, 2.45) is 0 Å². The lowest BCUT2D eigenvalue weighted by Crippen LogP contribution is -2.13. The molecule has 0 fully saturated rings. The Labute approximate surface area is 95.1 Å². The first-order valence-corrected chi connectivity index (χ1v) is 5.60. The summed E-state index contributed by atoms with van der Waals surface area (Å²) in [5.74, 6) is -0.494. The fourth-order valence-electron chi connectivity index (χ4n) is 1.51. The summed E-state index contributed by atoms with van der Waals surface area (Å²) in [6.45, 7) is 2.04. The van der Waals surface area contributed by atoms with Crippen LogP contribution in [0.4, 0.5) is 4.39 Å². The van der Waals surface area contributed by atoms with Gasteiger partial charge in [0.05, 0.1) is 6.10 Å². The molecule has 0 aliphatic heterocycles. The number of benzene rings is 1. The van der Waals surface area contributed by atoms with Crippen LogP contribution in [0.1, 0.15) is 43.0 Å². The van der Waals surface area contributed by atoms with Crippen LogP contribution in [-0.4, -0.2) is 17.0 Å². The molecule has 1 atom stereocenters. The van der Waals surface area contributed by atoms with Crippen molar-refractivity contribution in [3.8, 4) is 0 Å². The molecule has 0 saturated heterocycles. The number of ketones is 1. The van der Waals surface area contributed by atoms with Crippen LogP contribution >= 0.6 is 0 Å². The Morgan fingerprint density at radius 3 is 2.56 bits per heavy atom. The van der Waals surface area contributed by atoms with Crippen molar-refractivity contribution in [3.63, 3.8) is 0 Å². The van der Waals surface area contributed by atoms with Gasteiger partial charge >= 0.3 is 0 Å². The van der Waals surface area contributed by atoms with Crippen molar-refractivity contribution < 1.29 is 14.3 Å². The van der Waals surface area contributed by atoms with E-state index in [0.717, 1.165) is 12.8 Å². The van der Waals surface area contributed by atoms with E-state index < -0.39 is 6.10 Å². The average molecular weight is 224 g/mol. The molecular formula is C13H17FO2. The van der Waals surface area contributed by atoms with Crippen LogP contribution in [0.25, 0.3) is 0 Å². The second-order valence-electron chi connectivity index (χ2n) is 3.93. The van der Waals surface area contributed by atoms with E-state index in [0.29, 0.717) is 12.0 Å². The Kier molecular flexibility index (Phi) is 5.12. The first-order chi connectivity index (χ1) is 7.63. The Morgan fingerprint density at radius 2 is 2.00 bits per heavy atom. The van der Waals surface area contributed by atoms with Crippen molar-refractivity contribution in [1.82, 2.24) is 0 Å². The predicted octanol–water partition coefficient (Wildman–Crippen LogP) is 2.95. The van der Waals surface area contributed by atoms with E-state index >= 15 is 0 Å². The second-order valence-corrected chi connectivity index (χ2v) is 3.93. The molecule has 2 nitrogen and oxygen atoms in total. The molecule has 16 heavy (non-hydrogen) atoms. The van der Waals surface area contributed by atoms with Crippen LogP contribution in [0.2, 0.25) is 0 Å². The summed E-state index contributed by atoms with van der Waals surface area (Å²) in [5.41, 5.74) is 0.456. The molecule has 0 radical (unpaired) electrons. The maximum Gasteiger partial charge on any atom is 0.165 e. The summed E-state index contributed by atoms with van der Waals surface area (Å²) < 4.78 is 12.6. The molecule has 1 aromatic rings. The van der Waals surface area contributed by atoms with Crippen molar-refractivity contribution >= 4 is 5.78 Å². The van der Waals surface area contributed by atoms with Crippen LogP contribution in [0.5, 0.6) is 0 Å². The van der Waals surface area contributed by atoms with Crippen LogP contribution in [0, 0.1) is 5.82 Å². The van der Waals surface area contributed by atoms with Gasteiger partial charge in [0.1, 0.15) is 5.82 Å². The minimum absolute atomic E-state index is 0.117. The highest BCUT2D eigenvalue weighted by Crippen LogP contribution is 2.10. The number of unbranched alkanes of at least 4 members (excludes halogenated alkanes) is 1. The van der Waals surface area contributed by atoms with Gasteiger partial charge in [-0.25, -0.2) is 4.39 Å².